The van der Waals surface area contributed by atoms with Gasteiger partial charge in [-0.15, -0.1) is 0 Å². The summed E-state index contributed by atoms with van der Waals surface area (Å²) in [5.41, 5.74) is -0.848. The van der Waals surface area contributed by atoms with Crippen molar-refractivity contribution in [3.05, 3.63) is 11.5 Å². The highest BCUT2D eigenvalue weighted by Gasteiger charge is 2.38. The molecule has 4 rings (SSSR count). The minimum Gasteiger partial charge on any atom is -0.378 e. The van der Waals surface area contributed by atoms with Crippen molar-refractivity contribution in [3.63, 3.8) is 0 Å². The molecule has 0 spiro atoms. The molecule has 120 valence electrons. The van der Waals surface area contributed by atoms with Gasteiger partial charge in [0.1, 0.15) is 11.5 Å². The second kappa shape index (κ2) is 5.51. The van der Waals surface area contributed by atoms with Gasteiger partial charge in [-0.2, -0.15) is 0 Å². The molecule has 0 unspecified atom stereocenters. The van der Waals surface area contributed by atoms with Gasteiger partial charge in [-0.3, -0.25) is 0 Å². The van der Waals surface area contributed by atoms with Crippen LogP contribution in [0.15, 0.2) is 4.76 Å². The Morgan fingerprint density at radius 3 is 2.77 bits per heavy atom. The molecule has 4 heterocycles. The molecule has 1 aromatic heterocycles. The van der Waals surface area contributed by atoms with E-state index in [1.165, 1.54) is 17.9 Å². The molecule has 1 aromatic rings. The molecule has 0 saturated carbocycles. The number of aryl methyl sites for hydroxylation is 1. The highest BCUT2D eigenvalue weighted by atomic mass is 32.9. The van der Waals surface area contributed by atoms with E-state index >= 15 is 0 Å². The fourth-order valence-electron chi connectivity index (χ4n) is 3.26. The molecule has 3 aliphatic rings. The third-order valence-electron chi connectivity index (χ3n) is 4.48. The fourth-order valence-corrected chi connectivity index (χ4v) is 6.47. The first-order valence-electron chi connectivity index (χ1n) is 7.57. The van der Waals surface area contributed by atoms with Crippen LogP contribution in [0.3, 0.4) is 0 Å². The zero-order valence-electron chi connectivity index (χ0n) is 12.9. The number of hydrogen-bond donors (Lipinski definition) is 0. The van der Waals surface area contributed by atoms with E-state index in [-0.39, 0.29) is 0 Å². The number of anilines is 1. The molecule has 1 saturated heterocycles. The summed E-state index contributed by atoms with van der Waals surface area (Å²) >= 11 is 7.60. The van der Waals surface area contributed by atoms with Gasteiger partial charge in [0, 0.05) is 33.1 Å². The predicted molar refractivity (Wildman–Crippen MR) is 95.7 cm³/mol. The van der Waals surface area contributed by atoms with Crippen LogP contribution in [0.5, 0.6) is 0 Å². The second-order valence-electron chi connectivity index (χ2n) is 5.68. The average Bonchev–Trinajstić information content (AvgIpc) is 3.13. The second-order valence-corrected chi connectivity index (χ2v) is 12.7. The summed E-state index contributed by atoms with van der Waals surface area (Å²) in [6.45, 7) is 4.32. The van der Waals surface area contributed by atoms with Crippen LogP contribution in [0.25, 0.3) is 0 Å². The van der Waals surface area contributed by atoms with Gasteiger partial charge in [0.05, 0.1) is 13.2 Å². The molecule has 0 amide bonds. The highest BCUT2D eigenvalue weighted by molar-refractivity contribution is 8.70. The van der Waals surface area contributed by atoms with E-state index in [1.54, 1.807) is 11.4 Å². The maximum Gasteiger partial charge on any atom is 0.200 e. The number of nitrogens with zero attached hydrogens (tertiary/aromatic N) is 5. The Morgan fingerprint density at radius 1 is 1.27 bits per heavy atom. The van der Waals surface area contributed by atoms with E-state index in [2.05, 4.69) is 27.4 Å². The van der Waals surface area contributed by atoms with Crippen molar-refractivity contribution in [2.75, 3.05) is 44.3 Å². The Hall–Kier alpha value is -0.560. The lowest BCUT2D eigenvalue weighted by Gasteiger charge is -2.37. The van der Waals surface area contributed by atoms with E-state index in [0.29, 0.717) is 0 Å². The number of morpholine rings is 1. The van der Waals surface area contributed by atoms with E-state index in [0.717, 1.165) is 50.9 Å². The lowest BCUT2D eigenvalue weighted by molar-refractivity contribution is 0.0682. The van der Waals surface area contributed by atoms with E-state index in [9.17, 15) is 0 Å². The van der Waals surface area contributed by atoms with Crippen molar-refractivity contribution in [2.24, 2.45) is 4.76 Å². The summed E-state index contributed by atoms with van der Waals surface area (Å²) in [4.78, 5) is 7.23. The van der Waals surface area contributed by atoms with Crippen molar-refractivity contribution in [1.82, 2.24) is 14.5 Å². The molecule has 3 aliphatic heterocycles. The first-order valence-corrected chi connectivity index (χ1v) is 12.1. The maximum absolute atomic E-state index is 5.91. The number of rotatable bonds is 1. The smallest absolute Gasteiger partial charge is 0.200 e. The molecule has 0 aromatic carbocycles. The largest absolute Gasteiger partial charge is 0.378 e. The Bertz CT molecular complexity index is 682. The van der Waals surface area contributed by atoms with E-state index in [4.69, 9.17) is 26.3 Å². The van der Waals surface area contributed by atoms with Gasteiger partial charge in [-0.25, -0.2) is 9.75 Å². The van der Waals surface area contributed by atoms with Crippen molar-refractivity contribution >= 4 is 40.4 Å². The van der Waals surface area contributed by atoms with Gasteiger partial charge in [0.25, 0.3) is 0 Å². The minimum atomic E-state index is -2.02. The SMILES string of the molecule is CS[P@]1(=S)N=C(N2CCOCC2)c2c(nc3n2CCC3)N1C. The third-order valence-corrected chi connectivity index (χ3v) is 11.1. The number of aromatic nitrogens is 2. The van der Waals surface area contributed by atoms with Crippen LogP contribution in [-0.4, -0.2) is 59.9 Å². The molecular formula is C13H20N5OPS2. The summed E-state index contributed by atoms with van der Waals surface area (Å²) in [6, 6.07) is 0. The van der Waals surface area contributed by atoms with Crippen molar-refractivity contribution in [2.45, 2.75) is 19.4 Å². The quantitative estimate of drug-likeness (QED) is 0.716. The van der Waals surface area contributed by atoms with Gasteiger partial charge in [-0.1, -0.05) is 11.4 Å². The van der Waals surface area contributed by atoms with Gasteiger partial charge >= 0.3 is 0 Å². The van der Waals surface area contributed by atoms with Crippen LogP contribution >= 0.6 is 16.9 Å². The molecule has 1 atom stereocenters. The van der Waals surface area contributed by atoms with Crippen molar-refractivity contribution < 1.29 is 4.74 Å². The first kappa shape index (κ1) is 15.0. The number of ether oxygens (including phenoxy) is 1. The molecule has 22 heavy (non-hydrogen) atoms. The van der Waals surface area contributed by atoms with Gasteiger partial charge < -0.3 is 18.9 Å². The van der Waals surface area contributed by atoms with Crippen LogP contribution in [-0.2, 0) is 29.5 Å². The molecule has 0 aliphatic carbocycles. The minimum absolute atomic E-state index is 0.757. The number of imidazole rings is 1. The first-order chi connectivity index (χ1) is 10.6. The van der Waals surface area contributed by atoms with Gasteiger partial charge in [0.15, 0.2) is 11.7 Å². The lowest BCUT2D eigenvalue weighted by atomic mass is 10.3. The summed E-state index contributed by atoms with van der Waals surface area (Å²) in [7, 11) is 2.05. The Morgan fingerprint density at radius 2 is 2.05 bits per heavy atom. The fraction of sp³-hybridized carbons (Fsp3) is 0.692. The average molecular weight is 357 g/mol. The van der Waals surface area contributed by atoms with Crippen molar-refractivity contribution in [3.8, 4) is 0 Å². The Kier molecular flexibility index (Phi) is 3.76. The zero-order chi connectivity index (χ0) is 15.3. The van der Waals surface area contributed by atoms with Crippen LogP contribution < -0.4 is 4.67 Å². The molecule has 0 N–H and O–H groups in total. The molecule has 6 nitrogen and oxygen atoms in total. The monoisotopic (exact) mass is 357 g/mol. The van der Waals surface area contributed by atoms with Crippen LogP contribution in [0.2, 0.25) is 0 Å². The van der Waals surface area contributed by atoms with Gasteiger partial charge in [-0.05, 0) is 24.5 Å². The summed E-state index contributed by atoms with van der Waals surface area (Å²) in [6.07, 6.45) is 4.29. The van der Waals surface area contributed by atoms with Crippen molar-refractivity contribution in [1.29, 1.82) is 0 Å². The third kappa shape index (κ3) is 2.15. The number of fused-ring (bicyclic) bond motifs is 3. The summed E-state index contributed by atoms with van der Waals surface area (Å²) in [5.74, 6) is 3.26. The Labute approximate surface area is 139 Å². The Balaban J connectivity index is 1.87. The summed E-state index contributed by atoms with van der Waals surface area (Å²) < 4.78 is 15.1. The number of amidine groups is 1. The topological polar surface area (TPSA) is 45.9 Å². The lowest BCUT2D eigenvalue weighted by Crippen LogP contribution is -2.43. The van der Waals surface area contributed by atoms with E-state index in [1.807, 2.05) is 0 Å². The van der Waals surface area contributed by atoms with Gasteiger partial charge in [0.2, 0.25) is 5.54 Å². The molecule has 1 fully saturated rings. The van der Waals surface area contributed by atoms with Crippen LogP contribution in [0.1, 0.15) is 17.9 Å². The highest BCUT2D eigenvalue weighted by Crippen LogP contribution is 2.65. The number of hydrogen-bond acceptors (Lipinski definition) is 5. The van der Waals surface area contributed by atoms with Crippen LogP contribution in [0, 0.1) is 0 Å². The maximum atomic E-state index is 5.91. The normalized spacial score (nSPS) is 27.6. The standard InChI is InChI=1S/C13H20N5OPS2/c1-16-12-11(18-5-3-4-10(18)14-12)13(15-20(16,21)22-2)17-6-8-19-9-7-17/h3-9H2,1-2H3/t20-/m1/s1. The summed E-state index contributed by atoms with van der Waals surface area (Å²) in [5, 5.41) is 0. The molecule has 0 radical (unpaired) electrons. The predicted octanol–water partition coefficient (Wildman–Crippen LogP) is 1.95. The van der Waals surface area contributed by atoms with Crippen LogP contribution in [0.4, 0.5) is 5.82 Å². The molecule has 9 heteroatoms. The zero-order valence-corrected chi connectivity index (χ0v) is 15.4. The van der Waals surface area contributed by atoms with E-state index < -0.39 is 5.54 Å². The molecule has 0 bridgehead atoms. The molecular weight excluding hydrogens is 337 g/mol.